The maximum Gasteiger partial charge on any atom is 0.342 e. The Hall–Kier alpha value is -3.14. The number of rotatable bonds is 3. The second-order valence-corrected chi connectivity index (χ2v) is 8.18. The van der Waals surface area contributed by atoms with Crippen LogP contribution >= 0.6 is 15.9 Å². The molecule has 1 aliphatic heterocycles. The zero-order chi connectivity index (χ0) is 22.1. The first-order chi connectivity index (χ1) is 14.8. The quantitative estimate of drug-likeness (QED) is 0.571. The van der Waals surface area contributed by atoms with Crippen LogP contribution in [0.25, 0.3) is 0 Å². The Kier molecular flexibility index (Phi) is 5.81. The Morgan fingerprint density at radius 1 is 1.29 bits per heavy atom. The molecule has 31 heavy (non-hydrogen) atoms. The van der Waals surface area contributed by atoms with E-state index in [1.807, 2.05) is 18.2 Å². The molecule has 0 fully saturated rings. The van der Waals surface area contributed by atoms with Gasteiger partial charge in [0.2, 0.25) is 17.8 Å². The summed E-state index contributed by atoms with van der Waals surface area (Å²) in [4.78, 5) is 30.2. The van der Waals surface area contributed by atoms with Crippen LogP contribution in [0.3, 0.4) is 0 Å². The Morgan fingerprint density at radius 2 is 2.10 bits per heavy atom. The first-order valence-corrected chi connectivity index (χ1v) is 10.3. The molecule has 2 aromatic heterocycles. The number of nitrogens with zero attached hydrogens (tertiary/aromatic N) is 4. The van der Waals surface area contributed by atoms with Crippen LogP contribution in [0, 0.1) is 11.9 Å². The van der Waals surface area contributed by atoms with E-state index in [2.05, 4.69) is 31.3 Å². The van der Waals surface area contributed by atoms with Gasteiger partial charge in [-0.3, -0.25) is 4.79 Å². The number of amides is 2. The van der Waals surface area contributed by atoms with Crippen molar-refractivity contribution in [2.75, 3.05) is 11.9 Å². The van der Waals surface area contributed by atoms with Gasteiger partial charge in [-0.1, -0.05) is 22.0 Å². The third-order valence-corrected chi connectivity index (χ3v) is 5.66. The van der Waals surface area contributed by atoms with Gasteiger partial charge in [-0.25, -0.2) is 4.79 Å². The van der Waals surface area contributed by atoms with E-state index in [4.69, 9.17) is 0 Å². The van der Waals surface area contributed by atoms with Crippen molar-refractivity contribution in [3.05, 3.63) is 75.8 Å². The van der Waals surface area contributed by atoms with Crippen molar-refractivity contribution >= 4 is 33.6 Å². The van der Waals surface area contributed by atoms with Crippen molar-refractivity contribution < 1.29 is 18.4 Å². The lowest BCUT2D eigenvalue weighted by molar-refractivity contribution is -0.120. The Labute approximate surface area is 185 Å². The molecular weight excluding hydrogens is 472 g/mol. The van der Waals surface area contributed by atoms with Crippen molar-refractivity contribution in [1.29, 1.82) is 0 Å². The highest BCUT2D eigenvalue weighted by atomic mass is 79.9. The summed E-state index contributed by atoms with van der Waals surface area (Å²) >= 11 is 3.42. The highest BCUT2D eigenvalue weighted by Crippen LogP contribution is 2.29. The van der Waals surface area contributed by atoms with E-state index in [0.29, 0.717) is 18.4 Å². The molecule has 2 amide bonds. The molecule has 1 aliphatic rings. The molecule has 0 radical (unpaired) electrons. The third kappa shape index (κ3) is 4.48. The third-order valence-electron chi connectivity index (χ3n) is 5.17. The molecule has 0 aliphatic carbocycles. The first kappa shape index (κ1) is 21.1. The second-order valence-electron chi connectivity index (χ2n) is 7.26. The van der Waals surface area contributed by atoms with Gasteiger partial charge in [0.25, 0.3) is 0 Å². The van der Waals surface area contributed by atoms with Crippen LogP contribution in [0.4, 0.5) is 19.3 Å². The fourth-order valence-corrected chi connectivity index (χ4v) is 3.89. The molecule has 0 saturated heterocycles. The summed E-state index contributed by atoms with van der Waals surface area (Å²) in [5.41, 5.74) is 2.55. The van der Waals surface area contributed by atoms with Gasteiger partial charge in [0, 0.05) is 35.4 Å². The summed E-state index contributed by atoms with van der Waals surface area (Å²) in [5.74, 6) is -2.03. The highest BCUT2D eigenvalue weighted by Gasteiger charge is 2.30. The zero-order valence-electron chi connectivity index (χ0n) is 16.5. The Morgan fingerprint density at radius 3 is 2.87 bits per heavy atom. The molecule has 160 valence electrons. The number of halogens is 3. The van der Waals surface area contributed by atoms with Crippen molar-refractivity contribution in [2.45, 2.75) is 25.3 Å². The first-order valence-electron chi connectivity index (χ1n) is 9.53. The number of carbonyl (C=O) groups is 2. The topological polar surface area (TPSA) is 80.1 Å². The van der Waals surface area contributed by atoms with Crippen LogP contribution < -0.4 is 10.2 Å². The fraction of sp³-hybridized carbons (Fsp3) is 0.238. The van der Waals surface area contributed by atoms with Crippen molar-refractivity contribution in [1.82, 2.24) is 20.1 Å². The average Bonchev–Trinajstić information content (AvgIpc) is 3.17. The molecule has 1 N–H and O–H groups in total. The molecule has 10 heteroatoms. The van der Waals surface area contributed by atoms with Crippen LogP contribution in [0.15, 0.2) is 47.2 Å². The predicted molar refractivity (Wildman–Crippen MR) is 113 cm³/mol. The van der Waals surface area contributed by atoms with Gasteiger partial charge in [-0.15, -0.1) is 0 Å². The number of aryl methyl sites for hydroxylation is 1. The minimum atomic E-state index is -0.907. The summed E-state index contributed by atoms with van der Waals surface area (Å²) < 4.78 is 28.7. The SMILES string of the molecule is CN1C(=O)C(NC(=O)n2cc(Cc3ccc(F)nc3F)cn2)CCc2ccc(Br)cc21. The number of hydrogen-bond acceptors (Lipinski definition) is 4. The van der Waals surface area contributed by atoms with E-state index in [-0.39, 0.29) is 17.9 Å². The van der Waals surface area contributed by atoms with Crippen LogP contribution in [0.1, 0.15) is 23.1 Å². The number of benzene rings is 1. The normalized spacial score (nSPS) is 16.1. The largest absolute Gasteiger partial charge is 0.342 e. The molecule has 0 saturated carbocycles. The number of hydrogen-bond donors (Lipinski definition) is 1. The smallest absolute Gasteiger partial charge is 0.324 e. The zero-order valence-corrected chi connectivity index (χ0v) is 18.1. The Balaban J connectivity index is 1.46. The maximum atomic E-state index is 13.8. The molecule has 1 atom stereocenters. The lowest BCUT2D eigenvalue weighted by Gasteiger charge is -2.22. The summed E-state index contributed by atoms with van der Waals surface area (Å²) in [7, 11) is 1.68. The lowest BCUT2D eigenvalue weighted by atomic mass is 10.1. The van der Waals surface area contributed by atoms with Gasteiger partial charge in [-0.2, -0.15) is 23.5 Å². The van der Waals surface area contributed by atoms with Crippen LogP contribution in [0.2, 0.25) is 0 Å². The second kappa shape index (κ2) is 8.54. The van der Waals surface area contributed by atoms with Gasteiger partial charge >= 0.3 is 6.03 Å². The van der Waals surface area contributed by atoms with Crippen molar-refractivity contribution in [3.8, 4) is 0 Å². The van der Waals surface area contributed by atoms with E-state index in [1.54, 1.807) is 7.05 Å². The van der Waals surface area contributed by atoms with E-state index in [1.165, 1.54) is 23.4 Å². The molecule has 3 heterocycles. The van der Waals surface area contributed by atoms with E-state index in [0.717, 1.165) is 26.5 Å². The minimum Gasteiger partial charge on any atom is -0.324 e. The predicted octanol–water partition coefficient (Wildman–Crippen LogP) is 3.45. The monoisotopic (exact) mass is 489 g/mol. The number of pyridine rings is 1. The molecule has 0 bridgehead atoms. The fourth-order valence-electron chi connectivity index (χ4n) is 3.54. The number of likely N-dealkylation sites (N-methyl/N-ethyl adjacent to an activating group) is 1. The number of fused-ring (bicyclic) bond motifs is 1. The van der Waals surface area contributed by atoms with Crippen LogP contribution in [0.5, 0.6) is 0 Å². The van der Waals surface area contributed by atoms with Crippen molar-refractivity contribution in [2.24, 2.45) is 0 Å². The van der Waals surface area contributed by atoms with Gasteiger partial charge in [-0.05, 0) is 48.2 Å². The lowest BCUT2D eigenvalue weighted by Crippen LogP contribution is -2.48. The van der Waals surface area contributed by atoms with E-state index < -0.39 is 24.0 Å². The molecule has 4 rings (SSSR count). The summed E-state index contributed by atoms with van der Waals surface area (Å²) in [6.07, 6.45) is 4.03. The molecule has 1 unspecified atom stereocenters. The van der Waals surface area contributed by atoms with E-state index in [9.17, 15) is 18.4 Å². The maximum absolute atomic E-state index is 13.8. The number of anilines is 1. The average molecular weight is 490 g/mol. The van der Waals surface area contributed by atoms with Crippen LogP contribution in [-0.2, 0) is 17.6 Å². The number of nitrogens with one attached hydrogen (secondary N) is 1. The van der Waals surface area contributed by atoms with E-state index >= 15 is 0 Å². The molecule has 3 aromatic rings. The van der Waals surface area contributed by atoms with Gasteiger partial charge < -0.3 is 10.2 Å². The highest BCUT2D eigenvalue weighted by molar-refractivity contribution is 9.10. The van der Waals surface area contributed by atoms with Gasteiger partial charge in [0.05, 0.1) is 6.20 Å². The summed E-state index contributed by atoms with van der Waals surface area (Å²) in [6, 6.07) is 6.83. The summed E-state index contributed by atoms with van der Waals surface area (Å²) in [6.45, 7) is 0. The van der Waals surface area contributed by atoms with Gasteiger partial charge in [0.15, 0.2) is 0 Å². The molecule has 7 nitrogen and oxygen atoms in total. The Bertz CT molecular complexity index is 1170. The summed E-state index contributed by atoms with van der Waals surface area (Å²) in [5, 5.41) is 6.72. The standard InChI is InChI=1S/C21H18BrF2N5O2/c1-28-17-9-15(22)5-2-13(17)3-6-16(20(28)30)26-21(31)29-11-12(10-25-29)8-14-4-7-18(23)27-19(14)24/h2,4-5,7,9-11,16H,3,6,8H2,1H3,(H,26,31). The van der Waals surface area contributed by atoms with Crippen LogP contribution in [-0.4, -0.2) is 39.8 Å². The van der Waals surface area contributed by atoms with Crippen molar-refractivity contribution in [3.63, 3.8) is 0 Å². The molecule has 0 spiro atoms. The minimum absolute atomic E-state index is 0.0989. The van der Waals surface area contributed by atoms with Gasteiger partial charge in [0.1, 0.15) is 6.04 Å². The molecular formula is C21H18BrF2N5O2. The number of carbonyl (C=O) groups excluding carboxylic acids is 2. The molecule has 1 aromatic carbocycles. The number of aromatic nitrogens is 3.